The molecule has 3 aromatic carbocycles. The van der Waals surface area contributed by atoms with Crippen LogP contribution in [0.25, 0.3) is 6.08 Å². The molecule has 0 unspecified atom stereocenters. The maximum atomic E-state index is 5.60. The predicted octanol–water partition coefficient (Wildman–Crippen LogP) is 5.13. The van der Waals surface area contributed by atoms with Crippen LogP contribution in [0.1, 0.15) is 22.7 Å². The van der Waals surface area contributed by atoms with Gasteiger partial charge in [-0.05, 0) is 23.3 Å². The molecule has 178 valence electrons. The molecule has 0 atom stereocenters. The molecule has 4 rings (SSSR count). The van der Waals surface area contributed by atoms with Gasteiger partial charge in [0.05, 0.1) is 27.4 Å². The molecule has 0 N–H and O–H groups in total. The quantitative estimate of drug-likeness (QED) is 0.444. The molecule has 1 aliphatic rings. The first-order chi connectivity index (χ1) is 16.7. The van der Waals surface area contributed by atoms with Crippen LogP contribution < -0.4 is 14.2 Å². The smallest absolute Gasteiger partial charge is 0.203 e. The zero-order valence-electron chi connectivity index (χ0n) is 20.3. The van der Waals surface area contributed by atoms with Gasteiger partial charge in [0.25, 0.3) is 0 Å². The van der Waals surface area contributed by atoms with Crippen LogP contribution in [0, 0.1) is 0 Å². The molecule has 1 fully saturated rings. The average molecular weight is 459 g/mol. The fourth-order valence-corrected chi connectivity index (χ4v) is 4.67. The van der Waals surface area contributed by atoms with Gasteiger partial charge in [0.2, 0.25) is 5.75 Å². The molecule has 1 heterocycles. The van der Waals surface area contributed by atoms with Crippen molar-refractivity contribution in [2.45, 2.75) is 6.04 Å². The average Bonchev–Trinajstić information content (AvgIpc) is 2.90. The maximum Gasteiger partial charge on any atom is 0.203 e. The van der Waals surface area contributed by atoms with Crippen LogP contribution in [-0.2, 0) is 0 Å². The molecular weight excluding hydrogens is 424 g/mol. The molecule has 0 saturated carbocycles. The summed E-state index contributed by atoms with van der Waals surface area (Å²) in [4.78, 5) is 5.09. The second kappa shape index (κ2) is 11.7. The summed E-state index contributed by atoms with van der Waals surface area (Å²) >= 11 is 0. The van der Waals surface area contributed by atoms with Gasteiger partial charge in [0.1, 0.15) is 0 Å². The van der Waals surface area contributed by atoms with E-state index in [1.165, 1.54) is 11.1 Å². The van der Waals surface area contributed by atoms with Gasteiger partial charge >= 0.3 is 0 Å². The molecule has 0 spiro atoms. The number of nitrogens with zero attached hydrogens (tertiary/aromatic N) is 2. The molecule has 0 radical (unpaired) electrons. The van der Waals surface area contributed by atoms with Crippen molar-refractivity contribution < 1.29 is 14.2 Å². The van der Waals surface area contributed by atoms with Gasteiger partial charge in [-0.1, -0.05) is 72.8 Å². The van der Waals surface area contributed by atoms with Gasteiger partial charge < -0.3 is 14.2 Å². The Balaban J connectivity index is 1.41. The van der Waals surface area contributed by atoms with Crippen molar-refractivity contribution in [2.24, 2.45) is 0 Å². The minimum Gasteiger partial charge on any atom is -0.493 e. The highest BCUT2D eigenvalue weighted by Crippen LogP contribution is 2.40. The molecule has 34 heavy (non-hydrogen) atoms. The third-order valence-electron chi connectivity index (χ3n) is 6.40. The number of piperazine rings is 1. The number of hydrogen-bond acceptors (Lipinski definition) is 5. The van der Waals surface area contributed by atoms with Crippen LogP contribution in [0.5, 0.6) is 17.2 Å². The van der Waals surface area contributed by atoms with Crippen LogP contribution in [0.4, 0.5) is 0 Å². The van der Waals surface area contributed by atoms with Crippen molar-refractivity contribution in [3.05, 3.63) is 95.6 Å². The number of hydrogen-bond donors (Lipinski definition) is 0. The number of rotatable bonds is 9. The molecule has 1 aliphatic heterocycles. The first-order valence-corrected chi connectivity index (χ1v) is 11.8. The van der Waals surface area contributed by atoms with Crippen molar-refractivity contribution in [1.82, 2.24) is 9.80 Å². The van der Waals surface area contributed by atoms with Gasteiger partial charge in [-0.25, -0.2) is 0 Å². The minimum absolute atomic E-state index is 0.288. The van der Waals surface area contributed by atoms with E-state index in [4.69, 9.17) is 14.2 Å². The van der Waals surface area contributed by atoms with Crippen LogP contribution in [-0.4, -0.2) is 63.9 Å². The Hall–Kier alpha value is -3.28. The summed E-state index contributed by atoms with van der Waals surface area (Å²) in [5.74, 6) is 1.98. The van der Waals surface area contributed by atoms with Crippen LogP contribution in [0.2, 0.25) is 0 Å². The summed E-state index contributed by atoms with van der Waals surface area (Å²) in [6.45, 7) is 5.02. The maximum absolute atomic E-state index is 5.60. The van der Waals surface area contributed by atoms with Gasteiger partial charge in [0.15, 0.2) is 11.5 Å². The Kier molecular flexibility index (Phi) is 8.23. The standard InChI is InChI=1S/C29H34N2O3/c1-32-26-17-16-25(28(33-2)29(26)34-3)15-10-18-30-19-21-31(22-20-30)27(23-11-6-4-7-12-23)24-13-8-5-9-14-24/h4-17,27H,18-22H2,1-3H3/b15-10+. The van der Waals surface area contributed by atoms with Gasteiger partial charge in [0, 0.05) is 38.3 Å². The fraction of sp³-hybridized carbons (Fsp3) is 0.310. The Morgan fingerprint density at radius 2 is 1.29 bits per heavy atom. The van der Waals surface area contributed by atoms with E-state index in [9.17, 15) is 0 Å². The molecule has 5 nitrogen and oxygen atoms in total. The summed E-state index contributed by atoms with van der Waals surface area (Å²) in [7, 11) is 4.92. The molecule has 0 aliphatic carbocycles. The monoisotopic (exact) mass is 458 g/mol. The fourth-order valence-electron chi connectivity index (χ4n) is 4.67. The Labute approximate surface area is 203 Å². The lowest BCUT2D eigenvalue weighted by Gasteiger charge is -2.39. The molecule has 0 amide bonds. The van der Waals surface area contributed by atoms with Gasteiger partial charge in [-0.15, -0.1) is 0 Å². The molecule has 0 bridgehead atoms. The van der Waals surface area contributed by atoms with E-state index < -0.39 is 0 Å². The van der Waals surface area contributed by atoms with E-state index in [0.717, 1.165) is 38.3 Å². The highest BCUT2D eigenvalue weighted by molar-refractivity contribution is 5.66. The molecular formula is C29H34N2O3. The van der Waals surface area contributed by atoms with Crippen molar-refractivity contribution in [2.75, 3.05) is 54.1 Å². The summed E-state index contributed by atoms with van der Waals surface area (Å²) in [5.41, 5.74) is 3.68. The Bertz CT molecular complexity index is 1020. The lowest BCUT2D eigenvalue weighted by molar-refractivity contribution is 0.118. The van der Waals surface area contributed by atoms with E-state index in [1.54, 1.807) is 21.3 Å². The first kappa shape index (κ1) is 23.9. The first-order valence-electron chi connectivity index (χ1n) is 11.8. The van der Waals surface area contributed by atoms with Crippen molar-refractivity contribution in [1.29, 1.82) is 0 Å². The minimum atomic E-state index is 0.288. The lowest BCUT2D eigenvalue weighted by atomic mass is 9.96. The number of methoxy groups -OCH3 is 3. The summed E-state index contributed by atoms with van der Waals surface area (Å²) in [6.07, 6.45) is 4.30. The van der Waals surface area contributed by atoms with E-state index in [0.29, 0.717) is 17.2 Å². The lowest BCUT2D eigenvalue weighted by Crippen LogP contribution is -2.47. The summed E-state index contributed by atoms with van der Waals surface area (Å²) < 4.78 is 16.5. The second-order valence-electron chi connectivity index (χ2n) is 8.39. The Morgan fingerprint density at radius 1 is 0.706 bits per heavy atom. The van der Waals surface area contributed by atoms with E-state index >= 15 is 0 Å². The van der Waals surface area contributed by atoms with Crippen LogP contribution >= 0.6 is 0 Å². The molecule has 3 aromatic rings. The number of benzene rings is 3. The highest BCUT2D eigenvalue weighted by atomic mass is 16.5. The van der Waals surface area contributed by atoms with Gasteiger partial charge in [-0.3, -0.25) is 9.80 Å². The van der Waals surface area contributed by atoms with Crippen molar-refractivity contribution in [3.63, 3.8) is 0 Å². The van der Waals surface area contributed by atoms with E-state index in [2.05, 4.69) is 82.6 Å². The molecule has 5 heteroatoms. The third-order valence-corrected chi connectivity index (χ3v) is 6.40. The van der Waals surface area contributed by atoms with E-state index in [1.807, 2.05) is 12.1 Å². The molecule has 1 saturated heterocycles. The summed E-state index contributed by atoms with van der Waals surface area (Å²) in [5, 5.41) is 0. The third kappa shape index (κ3) is 5.44. The van der Waals surface area contributed by atoms with E-state index in [-0.39, 0.29) is 6.04 Å². The predicted molar refractivity (Wildman–Crippen MR) is 138 cm³/mol. The highest BCUT2D eigenvalue weighted by Gasteiger charge is 2.26. The van der Waals surface area contributed by atoms with Crippen LogP contribution in [0.15, 0.2) is 78.9 Å². The zero-order chi connectivity index (χ0) is 23.8. The molecule has 0 aromatic heterocycles. The van der Waals surface area contributed by atoms with Crippen molar-refractivity contribution >= 4 is 6.08 Å². The largest absolute Gasteiger partial charge is 0.493 e. The second-order valence-corrected chi connectivity index (χ2v) is 8.39. The SMILES string of the molecule is COc1ccc(/C=C/CN2CCN(C(c3ccccc3)c3ccccc3)CC2)c(OC)c1OC. The zero-order valence-corrected chi connectivity index (χ0v) is 20.3. The normalized spacial score (nSPS) is 15.1. The van der Waals surface area contributed by atoms with Gasteiger partial charge in [-0.2, -0.15) is 0 Å². The van der Waals surface area contributed by atoms with Crippen LogP contribution in [0.3, 0.4) is 0 Å². The Morgan fingerprint density at radius 3 is 1.82 bits per heavy atom. The van der Waals surface area contributed by atoms with Crippen molar-refractivity contribution in [3.8, 4) is 17.2 Å². The number of ether oxygens (including phenoxy) is 3. The summed E-state index contributed by atoms with van der Waals surface area (Å²) in [6, 6.07) is 25.9. The topological polar surface area (TPSA) is 34.2 Å².